The number of furan rings is 1. The van der Waals surface area contributed by atoms with Crippen LogP contribution in [0.3, 0.4) is 0 Å². The predicted octanol–water partition coefficient (Wildman–Crippen LogP) is 6.00. The molecule has 1 atom stereocenters. The molecule has 21 heavy (non-hydrogen) atoms. The Kier molecular flexibility index (Phi) is 8.75. The van der Waals surface area contributed by atoms with Crippen LogP contribution in [0.25, 0.3) is 0 Å². The highest BCUT2D eigenvalue weighted by Gasteiger charge is 2.19. The molecule has 122 valence electrons. The molecule has 1 aromatic heterocycles. The van der Waals surface area contributed by atoms with E-state index in [4.69, 9.17) is 4.42 Å². The van der Waals surface area contributed by atoms with Crippen LogP contribution in [0, 0.1) is 20.8 Å². The van der Waals surface area contributed by atoms with Crippen LogP contribution in [0.2, 0.25) is 0 Å². The van der Waals surface area contributed by atoms with Gasteiger partial charge in [-0.1, -0.05) is 58.3 Å². The summed E-state index contributed by atoms with van der Waals surface area (Å²) < 4.78 is 5.77. The standard InChI is InChI=1S/C19H35NO/c1-6-7-8-9-10-11-12-13-14-18(20-5)19-15(2)16(3)21-17(19)4/h18,20H,6-14H2,1-5H3. The Bertz CT molecular complexity index is 395. The molecule has 1 unspecified atom stereocenters. The third kappa shape index (κ3) is 5.86. The summed E-state index contributed by atoms with van der Waals surface area (Å²) in [7, 11) is 2.07. The second kappa shape index (κ2) is 10.0. The molecule has 0 aliphatic rings. The maximum absolute atomic E-state index is 5.77. The van der Waals surface area contributed by atoms with Gasteiger partial charge in [0, 0.05) is 11.6 Å². The largest absolute Gasteiger partial charge is 0.466 e. The highest BCUT2D eigenvalue weighted by atomic mass is 16.3. The van der Waals surface area contributed by atoms with Crippen LogP contribution in [-0.4, -0.2) is 7.05 Å². The number of hydrogen-bond acceptors (Lipinski definition) is 2. The zero-order valence-corrected chi connectivity index (χ0v) is 14.8. The lowest BCUT2D eigenvalue weighted by Gasteiger charge is -2.17. The molecule has 1 rings (SSSR count). The van der Waals surface area contributed by atoms with E-state index in [2.05, 4.69) is 40.1 Å². The molecule has 0 saturated heterocycles. The van der Waals surface area contributed by atoms with Gasteiger partial charge < -0.3 is 9.73 Å². The maximum atomic E-state index is 5.77. The van der Waals surface area contributed by atoms with E-state index in [1.54, 1.807) is 0 Å². The molecule has 2 heteroatoms. The first-order chi connectivity index (χ1) is 10.1. The molecule has 0 fully saturated rings. The molecule has 0 saturated carbocycles. The summed E-state index contributed by atoms with van der Waals surface area (Å²) in [4.78, 5) is 0. The van der Waals surface area contributed by atoms with Gasteiger partial charge in [-0.25, -0.2) is 0 Å². The third-order valence-corrected chi connectivity index (χ3v) is 4.66. The van der Waals surface area contributed by atoms with E-state index in [0.717, 1.165) is 11.5 Å². The Morgan fingerprint density at radius 1 is 0.857 bits per heavy atom. The van der Waals surface area contributed by atoms with Gasteiger partial charge in [-0.05, 0) is 39.8 Å². The first-order valence-corrected chi connectivity index (χ1v) is 8.85. The molecular formula is C19H35NO. The molecule has 0 spiro atoms. The maximum Gasteiger partial charge on any atom is 0.106 e. The fourth-order valence-electron chi connectivity index (χ4n) is 3.24. The summed E-state index contributed by atoms with van der Waals surface area (Å²) in [5, 5.41) is 3.47. The van der Waals surface area contributed by atoms with E-state index in [-0.39, 0.29) is 0 Å². The van der Waals surface area contributed by atoms with Crippen molar-refractivity contribution >= 4 is 0 Å². The van der Waals surface area contributed by atoms with Gasteiger partial charge in [0.25, 0.3) is 0 Å². The summed E-state index contributed by atoms with van der Waals surface area (Å²) in [6.45, 7) is 8.61. The van der Waals surface area contributed by atoms with Gasteiger partial charge in [0.15, 0.2) is 0 Å². The summed E-state index contributed by atoms with van der Waals surface area (Å²) in [6, 6.07) is 0.447. The predicted molar refractivity (Wildman–Crippen MR) is 91.9 cm³/mol. The van der Waals surface area contributed by atoms with Gasteiger partial charge in [0.05, 0.1) is 0 Å². The van der Waals surface area contributed by atoms with Gasteiger partial charge in [-0.3, -0.25) is 0 Å². The molecule has 2 nitrogen and oxygen atoms in total. The van der Waals surface area contributed by atoms with Gasteiger partial charge >= 0.3 is 0 Å². The molecule has 0 aromatic carbocycles. The fourth-order valence-corrected chi connectivity index (χ4v) is 3.24. The van der Waals surface area contributed by atoms with Crippen LogP contribution in [0.5, 0.6) is 0 Å². The molecule has 0 bridgehead atoms. The molecule has 1 heterocycles. The van der Waals surface area contributed by atoms with Crippen molar-refractivity contribution in [1.82, 2.24) is 5.32 Å². The lowest BCUT2D eigenvalue weighted by molar-refractivity contribution is 0.469. The van der Waals surface area contributed by atoms with Crippen LogP contribution < -0.4 is 5.32 Å². The van der Waals surface area contributed by atoms with E-state index in [1.807, 2.05) is 0 Å². The number of unbranched alkanes of at least 4 members (excludes halogenated alkanes) is 7. The molecule has 0 amide bonds. The minimum absolute atomic E-state index is 0.447. The minimum atomic E-state index is 0.447. The van der Waals surface area contributed by atoms with Crippen molar-refractivity contribution in [2.45, 2.75) is 91.5 Å². The lowest BCUT2D eigenvalue weighted by Crippen LogP contribution is -2.17. The summed E-state index contributed by atoms with van der Waals surface area (Å²) >= 11 is 0. The van der Waals surface area contributed by atoms with Gasteiger partial charge in [0.1, 0.15) is 11.5 Å². The summed E-state index contributed by atoms with van der Waals surface area (Å²) in [5.74, 6) is 2.16. The normalized spacial score (nSPS) is 12.8. The van der Waals surface area contributed by atoms with E-state index >= 15 is 0 Å². The molecule has 0 aliphatic heterocycles. The van der Waals surface area contributed by atoms with E-state index < -0.39 is 0 Å². The average Bonchev–Trinajstić information content (AvgIpc) is 2.72. The number of aryl methyl sites for hydroxylation is 2. The Labute approximate surface area is 131 Å². The third-order valence-electron chi connectivity index (χ3n) is 4.66. The van der Waals surface area contributed by atoms with Crippen molar-refractivity contribution in [2.75, 3.05) is 7.05 Å². The van der Waals surface area contributed by atoms with Crippen molar-refractivity contribution in [2.24, 2.45) is 0 Å². The number of nitrogens with one attached hydrogen (secondary N) is 1. The van der Waals surface area contributed by atoms with E-state index in [1.165, 1.54) is 68.9 Å². The second-order valence-corrected chi connectivity index (χ2v) is 6.36. The quantitative estimate of drug-likeness (QED) is 0.506. The van der Waals surface area contributed by atoms with Crippen LogP contribution in [0.15, 0.2) is 4.42 Å². The zero-order chi connectivity index (χ0) is 15.7. The fraction of sp³-hybridized carbons (Fsp3) is 0.789. The first kappa shape index (κ1) is 18.3. The van der Waals surface area contributed by atoms with E-state index in [9.17, 15) is 0 Å². The first-order valence-electron chi connectivity index (χ1n) is 8.85. The van der Waals surface area contributed by atoms with Crippen LogP contribution in [0.1, 0.15) is 93.4 Å². The highest BCUT2D eigenvalue weighted by Crippen LogP contribution is 2.30. The average molecular weight is 293 g/mol. The molecule has 0 radical (unpaired) electrons. The Morgan fingerprint density at radius 2 is 1.43 bits per heavy atom. The van der Waals surface area contributed by atoms with Crippen molar-refractivity contribution in [1.29, 1.82) is 0 Å². The van der Waals surface area contributed by atoms with Crippen LogP contribution >= 0.6 is 0 Å². The Hall–Kier alpha value is -0.760. The second-order valence-electron chi connectivity index (χ2n) is 6.36. The molecule has 0 aliphatic carbocycles. The van der Waals surface area contributed by atoms with Crippen molar-refractivity contribution < 1.29 is 4.42 Å². The monoisotopic (exact) mass is 293 g/mol. The highest BCUT2D eigenvalue weighted by molar-refractivity contribution is 5.34. The summed E-state index contributed by atoms with van der Waals surface area (Å²) in [6.07, 6.45) is 12.3. The Balaban J connectivity index is 2.29. The topological polar surface area (TPSA) is 25.2 Å². The van der Waals surface area contributed by atoms with Crippen LogP contribution in [0.4, 0.5) is 0 Å². The van der Waals surface area contributed by atoms with Crippen LogP contribution in [-0.2, 0) is 0 Å². The van der Waals surface area contributed by atoms with Crippen molar-refractivity contribution in [3.8, 4) is 0 Å². The number of hydrogen-bond donors (Lipinski definition) is 1. The zero-order valence-electron chi connectivity index (χ0n) is 14.8. The molecule has 1 aromatic rings. The summed E-state index contributed by atoms with van der Waals surface area (Å²) in [5.41, 5.74) is 2.71. The smallest absolute Gasteiger partial charge is 0.106 e. The Morgan fingerprint density at radius 3 is 1.90 bits per heavy atom. The van der Waals surface area contributed by atoms with E-state index in [0.29, 0.717) is 6.04 Å². The van der Waals surface area contributed by atoms with Gasteiger partial charge in [-0.15, -0.1) is 0 Å². The minimum Gasteiger partial charge on any atom is -0.466 e. The molecular weight excluding hydrogens is 258 g/mol. The lowest BCUT2D eigenvalue weighted by atomic mass is 9.96. The van der Waals surface area contributed by atoms with Gasteiger partial charge in [-0.2, -0.15) is 0 Å². The molecule has 1 N–H and O–H groups in total. The SMILES string of the molecule is CCCCCCCCCCC(NC)c1c(C)oc(C)c1C. The number of rotatable bonds is 11. The van der Waals surface area contributed by atoms with Crippen molar-refractivity contribution in [3.63, 3.8) is 0 Å². The van der Waals surface area contributed by atoms with Gasteiger partial charge in [0.2, 0.25) is 0 Å². The van der Waals surface area contributed by atoms with Crippen molar-refractivity contribution in [3.05, 3.63) is 22.6 Å².